The van der Waals surface area contributed by atoms with E-state index >= 15 is 0 Å². The Bertz CT molecular complexity index is 6610. The maximum Gasteiger partial charge on any atom is 0.277 e. The van der Waals surface area contributed by atoms with Gasteiger partial charge in [-0.3, -0.25) is 43.8 Å². The van der Waals surface area contributed by atoms with Gasteiger partial charge in [-0.1, -0.05) is 86.3 Å². The van der Waals surface area contributed by atoms with E-state index in [-0.39, 0.29) is 69.1 Å². The fourth-order valence-electron chi connectivity index (χ4n) is 19.3. The van der Waals surface area contributed by atoms with Gasteiger partial charge < -0.3 is 48.5 Å². The Morgan fingerprint density at radius 1 is 0.571 bits per heavy atom. The number of rotatable bonds is 25. The van der Waals surface area contributed by atoms with Crippen molar-refractivity contribution in [2.75, 3.05) is 158 Å². The first kappa shape index (κ1) is 94.1. The molecule has 702 valence electrons. The lowest BCUT2D eigenvalue weighted by atomic mass is 9.72. The normalized spacial score (nSPS) is 20.1. The number of nitro groups is 2. The summed E-state index contributed by atoms with van der Waals surface area (Å²) in [5.74, 6) is 4.10. The van der Waals surface area contributed by atoms with Crippen molar-refractivity contribution in [2.45, 2.75) is 95.3 Å². The molecule has 0 saturated carbocycles. The number of pyridine rings is 2. The second-order valence-corrected chi connectivity index (χ2v) is 49.6. The van der Waals surface area contributed by atoms with Gasteiger partial charge in [-0.25, -0.2) is 36.2 Å². The van der Waals surface area contributed by atoms with Crippen LogP contribution in [0.1, 0.15) is 116 Å². The number of allylic oxidation sites excluding steroid dienone is 2. The summed E-state index contributed by atoms with van der Waals surface area (Å²) in [5, 5.41) is 27.9. The number of halogens is 2. The van der Waals surface area contributed by atoms with Gasteiger partial charge in [0.05, 0.1) is 67.5 Å². The van der Waals surface area contributed by atoms with Crippen molar-refractivity contribution in [1.29, 1.82) is 0 Å². The van der Waals surface area contributed by atoms with Crippen LogP contribution in [0.5, 0.6) is 34.5 Å². The molecule has 6 aliphatic heterocycles. The fraction of sp³-hybridized carbons (Fsp3) is 0.408. The van der Waals surface area contributed by atoms with Crippen molar-refractivity contribution in [3.8, 4) is 34.5 Å². The third-order valence-corrected chi connectivity index (χ3v) is 34.8. The summed E-state index contributed by atoms with van der Waals surface area (Å²) in [6, 6.07) is 38.3. The van der Waals surface area contributed by atoms with Crippen LogP contribution < -0.4 is 38.2 Å². The Kier molecular flexibility index (Phi) is 27.6. The number of benzene rings is 6. The monoisotopic (exact) mass is 1920 g/mol. The van der Waals surface area contributed by atoms with Crippen LogP contribution >= 0.6 is 30.1 Å². The van der Waals surface area contributed by atoms with Crippen LogP contribution in [-0.2, 0) is 42.4 Å². The lowest BCUT2D eigenvalue weighted by molar-refractivity contribution is -0.386. The van der Waals surface area contributed by atoms with Crippen LogP contribution in [0.2, 0.25) is 10.0 Å². The zero-order valence-electron chi connectivity index (χ0n) is 75.5. The van der Waals surface area contributed by atoms with Crippen LogP contribution in [0.25, 0.3) is 33.2 Å². The molecule has 18 rings (SSSR count). The molecule has 2 amide bonds. The highest BCUT2D eigenvalue weighted by Crippen LogP contribution is 2.48. The number of sulfonamides is 2. The second kappa shape index (κ2) is 39.0. The molecule has 2 aliphatic carbocycles. The van der Waals surface area contributed by atoms with Crippen molar-refractivity contribution >= 4 is 140 Å². The topological polar surface area (TPSA) is 344 Å². The third kappa shape index (κ3) is 22.6. The number of anilines is 2. The molecular weight excluding hydrogens is 1810 g/mol. The Hall–Kier alpha value is -10.6. The molecule has 10 heterocycles. The quantitative estimate of drug-likeness (QED) is 0.0179. The highest BCUT2D eigenvalue weighted by Gasteiger charge is 2.39. The molecule has 10 aromatic rings. The molecule has 29 nitrogen and oxygen atoms in total. The van der Waals surface area contributed by atoms with Gasteiger partial charge in [-0.15, -0.1) is 13.2 Å². The van der Waals surface area contributed by atoms with Crippen LogP contribution in [0, 0.1) is 42.9 Å². The van der Waals surface area contributed by atoms with E-state index in [1.54, 1.807) is 54.9 Å². The standard InChI is InChI=1S/C49H56ClN7O8S2.C49H57ClN7O7PS/c1-49(2)13-10-36(43(29-49)34-4-6-37(50)7-5-34)31-55-16-18-56(19-17-55)38-8-9-41(46(26-38)65-39-25-35-11-14-51-47(35)52-30-39)48(58)53-67(62,63)40-27-44(57(59)60)42-24-33(32-64-45(42)28-40)12-15-54-20-22-66(3,61)23-21-54;1-49(2)13-11-36(43(28-49)34-5-7-37(50)8-6-34)31-54-15-17-56(18-16-54)38-9-10-41(46(25-38)64-39-24-35-12-14-51-47(35)52-29-39)48(58)53-66(61,62)40-26-44(57(59)60)42-23-33(32-63-45(42)27-40)30-55-19-21-65(3,4)22-20-55/h4-9,11,14,25-28,30,33H,3,10,12-13,15-24,29,31-32H2,1-2H3,(H,51,52)(H,53,58);5-10,12,14,24-27,29,33H,3,11,13,15-23,28,30-32H2,1-2,4H3,(H,51,52)(H,53,58)/t2*33-/m11/s1. The van der Waals surface area contributed by atoms with Gasteiger partial charge in [-0.2, -0.15) is 0 Å². The SMILES string of the molecule is C=P1(C)CCN(C[C@@H]2COc3cc(S(=O)(=O)NC(=O)c4ccc(N5CCN(CC6=C(c7ccc(Cl)cc7)CC(C)(C)CC6)CC5)cc4Oc4cnc5[nH]ccc5c4)cc([N+](=O)[O-])c3C2)CC1.C=S1(=O)CCN(CC[C@H]2COc3cc(S(=O)(=O)NC(=O)c4ccc(N5CCN(CC6=C(c7ccc(Cl)cc7)CC(C)(C)CC6)CC5)cc4Oc4cnc5[nH]ccc5c4)cc([N+](=O)[O-])c3C2)CC1. The van der Waals surface area contributed by atoms with Crippen molar-refractivity contribution in [3.63, 3.8) is 0 Å². The fourth-order valence-corrected chi connectivity index (χ4v) is 24.7. The first-order valence-electron chi connectivity index (χ1n) is 45.3. The summed E-state index contributed by atoms with van der Waals surface area (Å²) in [6.45, 7) is 23.6. The number of hydrogen-bond acceptors (Lipinski definition) is 23. The van der Waals surface area contributed by atoms with Gasteiger partial charge in [0, 0.05) is 197 Å². The summed E-state index contributed by atoms with van der Waals surface area (Å²) in [4.78, 5) is 79.9. The predicted molar refractivity (Wildman–Crippen MR) is 528 cm³/mol. The lowest BCUT2D eigenvalue weighted by Gasteiger charge is -2.39. The molecule has 2 atom stereocenters. The number of hydrogen-bond donors (Lipinski definition) is 4. The Morgan fingerprint density at radius 3 is 1.44 bits per heavy atom. The summed E-state index contributed by atoms with van der Waals surface area (Å²) >= 11 is 12.5. The van der Waals surface area contributed by atoms with E-state index in [4.69, 9.17) is 42.1 Å². The molecule has 133 heavy (non-hydrogen) atoms. The molecular formula is C98H113Cl2N14O15PS3. The Morgan fingerprint density at radius 2 is 1.00 bits per heavy atom. The molecule has 0 radical (unpaired) electrons. The number of ether oxygens (including phenoxy) is 4. The average molecular weight is 1930 g/mol. The van der Waals surface area contributed by atoms with E-state index < -0.39 is 73.6 Å². The zero-order valence-corrected chi connectivity index (χ0v) is 80.4. The van der Waals surface area contributed by atoms with Gasteiger partial charge in [-0.05, 0) is 211 Å². The van der Waals surface area contributed by atoms with Crippen LogP contribution in [-0.4, -0.2) is 243 Å². The van der Waals surface area contributed by atoms with E-state index in [2.05, 4.69) is 130 Å². The maximum absolute atomic E-state index is 14.1. The Balaban J connectivity index is 0.000000185. The van der Waals surface area contributed by atoms with E-state index in [1.165, 1.54) is 64.0 Å². The lowest BCUT2D eigenvalue weighted by Crippen LogP contribution is -2.47. The van der Waals surface area contributed by atoms with Gasteiger partial charge in [0.25, 0.3) is 43.2 Å². The number of aromatic amines is 2. The zero-order chi connectivity index (χ0) is 93.5. The third-order valence-electron chi connectivity index (χ3n) is 27.2. The number of carbonyl (C=O) groups is 2. The molecule has 0 unspecified atom stereocenters. The molecule has 8 aliphatic rings. The molecule has 0 spiro atoms. The minimum absolute atomic E-state index is 0.00490. The van der Waals surface area contributed by atoms with Crippen molar-refractivity contribution < 1.29 is 59.4 Å². The number of piperazine rings is 2. The Labute approximate surface area is 786 Å². The number of H-pyrrole nitrogens is 2. The minimum atomic E-state index is -4.65. The number of nitrogens with one attached hydrogen (secondary N) is 4. The number of amides is 2. The smallest absolute Gasteiger partial charge is 0.277 e. The number of fused-ring (bicyclic) bond motifs is 4. The number of nitro benzene ring substituents is 2. The molecule has 4 fully saturated rings. The number of aromatic nitrogens is 4. The molecule has 35 heteroatoms. The summed E-state index contributed by atoms with van der Waals surface area (Å²) in [7, 11) is -11.3. The molecule has 6 aromatic carbocycles. The van der Waals surface area contributed by atoms with Gasteiger partial charge in [0.15, 0.2) is 0 Å². The molecule has 4 aromatic heterocycles. The first-order valence-corrected chi connectivity index (χ1v) is 53.9. The van der Waals surface area contributed by atoms with Crippen molar-refractivity contribution in [3.05, 3.63) is 233 Å². The van der Waals surface area contributed by atoms with E-state index in [0.717, 1.165) is 174 Å². The first-order chi connectivity index (χ1) is 63.4. The van der Waals surface area contributed by atoms with Crippen LogP contribution in [0.3, 0.4) is 0 Å². The molecule has 4 saturated heterocycles. The van der Waals surface area contributed by atoms with E-state index in [1.807, 2.05) is 36.4 Å². The number of nitrogens with zero attached hydrogens (tertiary/aromatic N) is 10. The second-order valence-electron chi connectivity index (χ2n) is 38.5. The van der Waals surface area contributed by atoms with Crippen molar-refractivity contribution in [1.82, 2.24) is 49.0 Å². The van der Waals surface area contributed by atoms with E-state index in [9.17, 15) is 50.9 Å². The van der Waals surface area contributed by atoms with Crippen LogP contribution in [0.4, 0.5) is 22.7 Å². The average Bonchev–Trinajstić information content (AvgIpc) is 1.29. The van der Waals surface area contributed by atoms with Crippen LogP contribution in [0.15, 0.2) is 179 Å². The minimum Gasteiger partial charge on any atom is -0.493 e. The highest BCUT2D eigenvalue weighted by atomic mass is 35.5. The highest BCUT2D eigenvalue weighted by molar-refractivity contribution is 8.00. The largest absolute Gasteiger partial charge is 0.493 e. The molecule has 0 bridgehead atoms. The summed E-state index contributed by atoms with van der Waals surface area (Å²) < 4.78 is 97.3. The van der Waals surface area contributed by atoms with Crippen molar-refractivity contribution in [2.24, 2.45) is 22.7 Å². The van der Waals surface area contributed by atoms with Gasteiger partial charge in [0.2, 0.25) is 0 Å². The maximum atomic E-state index is 14.1. The summed E-state index contributed by atoms with van der Waals surface area (Å²) in [5.41, 5.74) is 11.4. The summed E-state index contributed by atoms with van der Waals surface area (Å²) in [6.07, 6.45) is 20.9. The number of carbonyl (C=O) groups excluding carboxylic acids is 2. The van der Waals surface area contributed by atoms with Gasteiger partial charge >= 0.3 is 0 Å². The van der Waals surface area contributed by atoms with E-state index in [0.29, 0.717) is 97.5 Å². The predicted octanol–water partition coefficient (Wildman–Crippen LogP) is 16.6. The molecule has 4 N–H and O–H groups in total. The van der Waals surface area contributed by atoms with Gasteiger partial charge in [0.1, 0.15) is 45.8 Å².